The van der Waals surface area contributed by atoms with Gasteiger partial charge in [0.1, 0.15) is 0 Å². The Kier molecular flexibility index (Phi) is 2.79. The van der Waals surface area contributed by atoms with E-state index in [0.29, 0.717) is 12.3 Å². The minimum Gasteiger partial charge on any atom is -0.358 e. The van der Waals surface area contributed by atoms with Crippen LogP contribution >= 0.6 is 0 Å². The van der Waals surface area contributed by atoms with Gasteiger partial charge in [-0.1, -0.05) is 36.4 Å². The summed E-state index contributed by atoms with van der Waals surface area (Å²) in [5.41, 5.74) is 6.09. The predicted octanol–water partition coefficient (Wildman–Crippen LogP) is 2.40. The van der Waals surface area contributed by atoms with Gasteiger partial charge in [0.2, 0.25) is 0 Å². The van der Waals surface area contributed by atoms with Crippen LogP contribution in [-0.4, -0.2) is 39.5 Å². The zero-order valence-electron chi connectivity index (χ0n) is 15.5. The predicted molar refractivity (Wildman–Crippen MR) is 106 cm³/mol. The molecule has 2 aromatic carbocycles. The molecule has 6 rings (SSSR count). The highest BCUT2D eigenvalue weighted by atomic mass is 15.4. The second-order valence-electron chi connectivity index (χ2n) is 8.41. The summed E-state index contributed by atoms with van der Waals surface area (Å²) < 4.78 is 0. The summed E-state index contributed by atoms with van der Waals surface area (Å²) >= 11 is 0. The molecule has 4 atom stereocenters. The van der Waals surface area contributed by atoms with Crippen LogP contribution in [0.3, 0.4) is 0 Å². The highest BCUT2D eigenvalue weighted by Gasteiger charge is 2.70. The van der Waals surface area contributed by atoms with E-state index >= 15 is 0 Å². The van der Waals surface area contributed by atoms with Gasteiger partial charge in [-0.25, -0.2) is 0 Å². The maximum absolute atomic E-state index is 3.87. The maximum atomic E-state index is 3.87. The van der Waals surface area contributed by atoms with Gasteiger partial charge < -0.3 is 9.80 Å². The van der Waals surface area contributed by atoms with E-state index in [9.17, 15) is 0 Å². The number of hydrogen-bond acceptors (Lipinski definition) is 4. The number of anilines is 2. The van der Waals surface area contributed by atoms with Gasteiger partial charge in [-0.3, -0.25) is 10.6 Å². The molecule has 4 aliphatic heterocycles. The molecule has 0 spiro atoms. The Morgan fingerprint density at radius 3 is 1.62 bits per heavy atom. The Labute approximate surface area is 155 Å². The number of para-hydroxylation sites is 2. The summed E-state index contributed by atoms with van der Waals surface area (Å²) in [7, 11) is 4.53. The Bertz CT molecular complexity index is 822. The summed E-state index contributed by atoms with van der Waals surface area (Å²) in [5, 5.41) is 7.73. The second kappa shape index (κ2) is 4.81. The Morgan fingerprint density at radius 2 is 1.15 bits per heavy atom. The molecule has 0 bridgehead atoms. The van der Waals surface area contributed by atoms with Crippen molar-refractivity contribution in [1.82, 2.24) is 10.6 Å². The molecule has 0 aliphatic carbocycles. The van der Waals surface area contributed by atoms with Gasteiger partial charge >= 0.3 is 0 Å². The molecule has 2 unspecified atom stereocenters. The normalized spacial score (nSPS) is 36.8. The largest absolute Gasteiger partial charge is 0.358 e. The minimum absolute atomic E-state index is 0.105. The van der Waals surface area contributed by atoms with E-state index < -0.39 is 0 Å². The molecular weight excluding hydrogens is 320 g/mol. The van der Waals surface area contributed by atoms with Gasteiger partial charge in [0.25, 0.3) is 0 Å². The molecule has 2 saturated heterocycles. The zero-order valence-corrected chi connectivity index (χ0v) is 15.5. The smallest absolute Gasteiger partial charge is 0.0902 e. The number of nitrogens with one attached hydrogen (secondary N) is 2. The molecule has 0 radical (unpaired) electrons. The van der Waals surface area contributed by atoms with Crippen molar-refractivity contribution < 1.29 is 0 Å². The van der Waals surface area contributed by atoms with Crippen molar-refractivity contribution in [2.75, 3.05) is 37.0 Å². The lowest BCUT2D eigenvalue weighted by atomic mass is 9.55. The van der Waals surface area contributed by atoms with Crippen molar-refractivity contribution in [3.05, 3.63) is 59.7 Å². The second-order valence-corrected chi connectivity index (χ2v) is 8.41. The van der Waals surface area contributed by atoms with Gasteiger partial charge in [-0.2, -0.15) is 0 Å². The van der Waals surface area contributed by atoms with Crippen molar-refractivity contribution in [3.8, 4) is 0 Å². The number of fused-ring (bicyclic) bond motifs is 7. The van der Waals surface area contributed by atoms with Crippen LogP contribution in [0.5, 0.6) is 0 Å². The number of nitrogens with zero attached hydrogens (tertiary/aromatic N) is 2. The van der Waals surface area contributed by atoms with Crippen LogP contribution < -0.4 is 20.4 Å². The zero-order chi connectivity index (χ0) is 17.5. The quantitative estimate of drug-likeness (QED) is 0.830. The summed E-state index contributed by atoms with van der Waals surface area (Å²) in [6.07, 6.45) is 3.11. The first-order valence-electron chi connectivity index (χ1n) is 9.83. The van der Waals surface area contributed by atoms with Crippen LogP contribution in [0.4, 0.5) is 11.4 Å². The van der Waals surface area contributed by atoms with E-state index in [-0.39, 0.29) is 10.8 Å². The average Bonchev–Trinajstić information content (AvgIpc) is 3.40. The van der Waals surface area contributed by atoms with Crippen molar-refractivity contribution >= 4 is 11.4 Å². The fraction of sp³-hybridized carbons (Fsp3) is 0.455. The monoisotopic (exact) mass is 346 g/mol. The van der Waals surface area contributed by atoms with Crippen molar-refractivity contribution in [2.24, 2.45) is 0 Å². The van der Waals surface area contributed by atoms with Crippen LogP contribution in [0.15, 0.2) is 48.5 Å². The number of benzene rings is 2. The van der Waals surface area contributed by atoms with E-state index in [4.69, 9.17) is 0 Å². The van der Waals surface area contributed by atoms with Gasteiger partial charge in [-0.05, 0) is 49.2 Å². The number of likely N-dealkylation sites (N-methyl/N-ethyl adjacent to an activating group) is 2. The molecule has 2 fully saturated rings. The van der Waals surface area contributed by atoms with Gasteiger partial charge in [0.05, 0.1) is 12.3 Å². The highest BCUT2D eigenvalue weighted by Crippen LogP contribution is 2.65. The third-order valence-electron chi connectivity index (χ3n) is 7.75. The first-order chi connectivity index (χ1) is 12.7. The molecule has 0 aromatic heterocycles. The lowest BCUT2D eigenvalue weighted by Gasteiger charge is -2.48. The van der Waals surface area contributed by atoms with Crippen LogP contribution in [0.25, 0.3) is 0 Å². The number of rotatable bonds is 1. The fourth-order valence-electron chi connectivity index (χ4n) is 6.94. The highest BCUT2D eigenvalue weighted by molar-refractivity contribution is 5.73. The molecule has 4 nitrogen and oxygen atoms in total. The summed E-state index contributed by atoms with van der Waals surface area (Å²) in [5.74, 6) is 0. The van der Waals surface area contributed by atoms with Crippen LogP contribution in [0, 0.1) is 0 Å². The molecule has 26 heavy (non-hydrogen) atoms. The van der Waals surface area contributed by atoms with Crippen LogP contribution in [0.2, 0.25) is 0 Å². The standard InChI is InChI=1S/C22H26N4/c1-25-17-9-5-3-7-15(17)21(11-13-23-19(21)25)22-12-14-24-20(22)26(2)18-10-6-4-8-16(18)22/h3-10,19-20,23-24H,11-14H2,1-2H3/t19?,20?,21-,22-/m1/s1. The molecule has 134 valence electrons. The molecular formula is C22H26N4. The average molecular weight is 346 g/mol. The van der Waals surface area contributed by atoms with Crippen molar-refractivity contribution in [1.29, 1.82) is 0 Å². The molecule has 4 heterocycles. The van der Waals surface area contributed by atoms with Crippen molar-refractivity contribution in [3.63, 3.8) is 0 Å². The molecule has 4 aliphatic rings. The lowest BCUT2D eigenvalue weighted by Crippen LogP contribution is -2.62. The lowest BCUT2D eigenvalue weighted by molar-refractivity contribution is 0.187. The number of hydrogen-bond donors (Lipinski definition) is 2. The Balaban J connectivity index is 1.69. The maximum Gasteiger partial charge on any atom is 0.0902 e. The van der Waals surface area contributed by atoms with Gasteiger partial charge in [0, 0.05) is 36.3 Å². The molecule has 0 amide bonds. The Hall–Kier alpha value is -2.04. The first kappa shape index (κ1) is 15.1. The third kappa shape index (κ3) is 1.40. The SMILES string of the molecule is CN1c2ccccc2[C@]2([C@@]34CCNC3N(C)c3ccccc34)CCNC12. The Morgan fingerprint density at radius 1 is 0.731 bits per heavy atom. The minimum atomic E-state index is 0.105. The first-order valence-corrected chi connectivity index (χ1v) is 9.83. The summed E-state index contributed by atoms with van der Waals surface area (Å²) in [4.78, 5) is 4.99. The fourth-order valence-corrected chi connectivity index (χ4v) is 6.94. The van der Waals surface area contributed by atoms with E-state index in [1.165, 1.54) is 35.3 Å². The van der Waals surface area contributed by atoms with Gasteiger partial charge in [-0.15, -0.1) is 0 Å². The van der Waals surface area contributed by atoms with Crippen LogP contribution in [0.1, 0.15) is 24.0 Å². The third-order valence-corrected chi connectivity index (χ3v) is 7.75. The van der Waals surface area contributed by atoms with E-state index in [0.717, 1.165) is 13.1 Å². The van der Waals surface area contributed by atoms with E-state index in [1.807, 2.05) is 0 Å². The summed E-state index contributed by atoms with van der Waals surface area (Å²) in [6.45, 7) is 2.17. The topological polar surface area (TPSA) is 30.5 Å². The van der Waals surface area contributed by atoms with Crippen LogP contribution in [-0.2, 0) is 10.8 Å². The summed E-state index contributed by atoms with van der Waals surface area (Å²) in [6, 6.07) is 18.2. The van der Waals surface area contributed by atoms with E-state index in [2.05, 4.69) is 83.1 Å². The molecule has 2 aromatic rings. The van der Waals surface area contributed by atoms with E-state index in [1.54, 1.807) is 0 Å². The molecule has 0 saturated carbocycles. The molecule has 2 N–H and O–H groups in total. The van der Waals surface area contributed by atoms with Gasteiger partial charge in [0.15, 0.2) is 0 Å². The molecule has 4 heteroatoms. The van der Waals surface area contributed by atoms with Crippen molar-refractivity contribution in [2.45, 2.75) is 36.0 Å².